The van der Waals surface area contributed by atoms with Gasteiger partial charge in [0.15, 0.2) is 0 Å². The number of aromatic nitrogens is 3. The van der Waals surface area contributed by atoms with E-state index in [0.29, 0.717) is 0 Å². The molecule has 0 unspecified atom stereocenters. The summed E-state index contributed by atoms with van der Waals surface area (Å²) < 4.78 is 24.1. The normalized spacial score (nSPS) is 11.3. The number of hydrogen-bond acceptors (Lipinski definition) is 5. The van der Waals surface area contributed by atoms with Crippen LogP contribution in [0.5, 0.6) is 0 Å². The molecule has 0 saturated carbocycles. The summed E-state index contributed by atoms with van der Waals surface area (Å²) in [5, 5.41) is 8.23. The highest BCUT2D eigenvalue weighted by molar-refractivity contribution is 7.89. The second-order valence-corrected chi connectivity index (χ2v) is 4.66. The van der Waals surface area contributed by atoms with Gasteiger partial charge in [0.1, 0.15) is 6.33 Å². The maximum atomic E-state index is 11.2. The van der Waals surface area contributed by atoms with Crippen molar-refractivity contribution < 1.29 is 13.2 Å². The lowest BCUT2D eigenvalue weighted by Gasteiger charge is -2.03. The molecule has 0 fully saturated rings. The third kappa shape index (κ3) is 3.64. The van der Waals surface area contributed by atoms with Crippen molar-refractivity contribution in [2.24, 2.45) is 0 Å². The Bertz CT molecular complexity index is 412. The number of carbonyl (C=O) groups excluding carboxylic acids is 1. The van der Waals surface area contributed by atoms with E-state index < -0.39 is 15.9 Å². The van der Waals surface area contributed by atoms with E-state index in [1.54, 1.807) is 0 Å². The lowest BCUT2D eigenvalue weighted by Crippen LogP contribution is -2.33. The molecule has 1 heterocycles. The minimum absolute atomic E-state index is 0.0166. The van der Waals surface area contributed by atoms with Crippen molar-refractivity contribution in [3.63, 3.8) is 0 Å². The Kier molecular flexibility index (Phi) is 3.74. The lowest BCUT2D eigenvalue weighted by molar-refractivity contribution is 0.0946. The molecule has 1 rings (SSSR count). The van der Waals surface area contributed by atoms with E-state index in [-0.39, 0.29) is 18.1 Å². The molecule has 0 spiro atoms. The Balaban J connectivity index is 2.36. The highest BCUT2D eigenvalue weighted by Crippen LogP contribution is 1.85. The fraction of sp³-hybridized carbons (Fsp3) is 0.500. The van der Waals surface area contributed by atoms with Crippen LogP contribution < -0.4 is 10.0 Å². The number of carbonyl (C=O) groups is 1. The van der Waals surface area contributed by atoms with Crippen LogP contribution in [0.15, 0.2) is 6.33 Å². The third-order valence-electron chi connectivity index (χ3n) is 1.60. The molecule has 84 valence electrons. The van der Waals surface area contributed by atoms with Gasteiger partial charge in [-0.2, -0.15) is 5.10 Å². The molecular weight excluding hydrogens is 222 g/mol. The number of nitrogens with one attached hydrogen (secondary N) is 3. The molecular formula is C6H11N5O3S. The fourth-order valence-electron chi connectivity index (χ4n) is 0.800. The van der Waals surface area contributed by atoms with Crippen molar-refractivity contribution >= 4 is 15.9 Å². The van der Waals surface area contributed by atoms with Gasteiger partial charge < -0.3 is 5.32 Å². The van der Waals surface area contributed by atoms with Crippen LogP contribution in [0.2, 0.25) is 0 Å². The number of sulfonamides is 1. The van der Waals surface area contributed by atoms with Gasteiger partial charge in [0.25, 0.3) is 5.91 Å². The van der Waals surface area contributed by atoms with Gasteiger partial charge in [0.2, 0.25) is 15.8 Å². The molecule has 1 aromatic heterocycles. The fourth-order valence-corrected chi connectivity index (χ4v) is 1.37. The first-order chi connectivity index (χ1) is 7.05. The van der Waals surface area contributed by atoms with Gasteiger partial charge >= 0.3 is 0 Å². The van der Waals surface area contributed by atoms with Crippen LogP contribution in [0.1, 0.15) is 10.6 Å². The first-order valence-corrected chi connectivity index (χ1v) is 5.75. The van der Waals surface area contributed by atoms with Gasteiger partial charge in [0, 0.05) is 6.54 Å². The first-order valence-electron chi connectivity index (χ1n) is 4.10. The molecule has 0 aliphatic heterocycles. The summed E-state index contributed by atoms with van der Waals surface area (Å²) in [7, 11) is -1.98. The Morgan fingerprint density at radius 3 is 2.87 bits per heavy atom. The van der Waals surface area contributed by atoms with E-state index in [4.69, 9.17) is 0 Å². The Morgan fingerprint density at radius 1 is 1.60 bits per heavy atom. The minimum atomic E-state index is -3.29. The number of H-pyrrole nitrogens is 1. The van der Waals surface area contributed by atoms with Gasteiger partial charge in [-0.1, -0.05) is 0 Å². The van der Waals surface area contributed by atoms with E-state index in [1.165, 1.54) is 13.4 Å². The van der Waals surface area contributed by atoms with Gasteiger partial charge in [-0.3, -0.25) is 9.89 Å². The van der Waals surface area contributed by atoms with Crippen molar-refractivity contribution in [1.29, 1.82) is 0 Å². The number of rotatable bonds is 5. The molecule has 0 aliphatic carbocycles. The molecule has 0 radical (unpaired) electrons. The molecule has 0 bridgehead atoms. The summed E-state index contributed by atoms with van der Waals surface area (Å²) in [6.07, 6.45) is 1.19. The zero-order chi connectivity index (χ0) is 11.3. The monoisotopic (exact) mass is 233 g/mol. The van der Waals surface area contributed by atoms with Gasteiger partial charge in [-0.25, -0.2) is 18.1 Å². The molecule has 0 atom stereocenters. The quantitative estimate of drug-likeness (QED) is 0.548. The summed E-state index contributed by atoms with van der Waals surface area (Å²) in [6.45, 7) is 0.0166. The number of hydrogen-bond donors (Lipinski definition) is 3. The van der Waals surface area contributed by atoms with E-state index >= 15 is 0 Å². The SMILES string of the molecule is CNS(=O)(=O)CCNC(=O)c1ncn[nH]1. The highest BCUT2D eigenvalue weighted by Gasteiger charge is 2.10. The average molecular weight is 233 g/mol. The molecule has 0 saturated heterocycles. The maximum Gasteiger partial charge on any atom is 0.288 e. The van der Waals surface area contributed by atoms with Crippen molar-refractivity contribution in [2.45, 2.75) is 0 Å². The smallest absolute Gasteiger partial charge is 0.288 e. The molecule has 0 aliphatic rings. The Morgan fingerprint density at radius 2 is 2.33 bits per heavy atom. The number of aromatic amines is 1. The molecule has 15 heavy (non-hydrogen) atoms. The van der Waals surface area contributed by atoms with Crippen LogP contribution in [-0.2, 0) is 10.0 Å². The standard InChI is InChI=1S/C6H11N5O3S/c1-7-15(13,14)3-2-8-6(12)5-9-4-10-11-5/h4,7H,2-3H2,1H3,(H,8,12)(H,9,10,11). The predicted octanol–water partition coefficient (Wildman–Crippen LogP) is -1.92. The highest BCUT2D eigenvalue weighted by atomic mass is 32.2. The minimum Gasteiger partial charge on any atom is -0.348 e. The summed E-state index contributed by atoms with van der Waals surface area (Å²) in [6, 6.07) is 0. The summed E-state index contributed by atoms with van der Waals surface area (Å²) in [5.74, 6) is -0.612. The van der Waals surface area contributed by atoms with Crippen molar-refractivity contribution in [3.8, 4) is 0 Å². The van der Waals surface area contributed by atoms with Crippen molar-refractivity contribution in [2.75, 3.05) is 19.3 Å². The van der Waals surface area contributed by atoms with Crippen LogP contribution in [-0.4, -0.2) is 48.9 Å². The number of amides is 1. The third-order valence-corrected chi connectivity index (χ3v) is 2.96. The van der Waals surface area contributed by atoms with Gasteiger partial charge in [-0.15, -0.1) is 0 Å². The second-order valence-electron chi connectivity index (χ2n) is 2.61. The lowest BCUT2D eigenvalue weighted by atomic mass is 10.5. The van der Waals surface area contributed by atoms with Crippen LogP contribution in [0.25, 0.3) is 0 Å². The van der Waals surface area contributed by atoms with Gasteiger partial charge in [-0.05, 0) is 7.05 Å². The van der Waals surface area contributed by atoms with Gasteiger partial charge in [0.05, 0.1) is 5.75 Å². The largest absolute Gasteiger partial charge is 0.348 e. The van der Waals surface area contributed by atoms with E-state index in [9.17, 15) is 13.2 Å². The van der Waals surface area contributed by atoms with E-state index in [2.05, 4.69) is 25.2 Å². The summed E-state index contributed by atoms with van der Waals surface area (Å²) in [4.78, 5) is 14.8. The van der Waals surface area contributed by atoms with Crippen LogP contribution in [0.3, 0.4) is 0 Å². The molecule has 9 heteroatoms. The Hall–Kier alpha value is -1.48. The second kappa shape index (κ2) is 4.84. The zero-order valence-corrected chi connectivity index (χ0v) is 8.84. The average Bonchev–Trinajstić information content (AvgIpc) is 2.70. The van der Waals surface area contributed by atoms with Crippen LogP contribution in [0.4, 0.5) is 0 Å². The summed E-state index contributed by atoms with van der Waals surface area (Å²) >= 11 is 0. The van der Waals surface area contributed by atoms with Crippen molar-refractivity contribution in [3.05, 3.63) is 12.2 Å². The maximum absolute atomic E-state index is 11.2. The zero-order valence-electron chi connectivity index (χ0n) is 8.02. The predicted molar refractivity (Wildman–Crippen MR) is 51.6 cm³/mol. The topological polar surface area (TPSA) is 117 Å². The molecule has 1 amide bonds. The van der Waals surface area contributed by atoms with Crippen molar-refractivity contribution in [1.82, 2.24) is 25.2 Å². The molecule has 0 aromatic carbocycles. The number of nitrogens with zero attached hydrogens (tertiary/aromatic N) is 2. The first kappa shape index (κ1) is 11.6. The molecule has 3 N–H and O–H groups in total. The molecule has 8 nitrogen and oxygen atoms in total. The summed E-state index contributed by atoms with van der Waals surface area (Å²) in [5.41, 5.74) is 0. The van der Waals surface area contributed by atoms with Crippen LogP contribution >= 0.6 is 0 Å². The Labute approximate surface area is 86.5 Å². The van der Waals surface area contributed by atoms with E-state index in [1.807, 2.05) is 0 Å². The molecule has 1 aromatic rings. The van der Waals surface area contributed by atoms with E-state index in [0.717, 1.165) is 0 Å². The van der Waals surface area contributed by atoms with Crippen LogP contribution in [0, 0.1) is 0 Å².